The fourth-order valence-electron chi connectivity index (χ4n) is 4.51. The van der Waals surface area contributed by atoms with Crippen molar-refractivity contribution in [2.24, 2.45) is 0 Å². The van der Waals surface area contributed by atoms with E-state index in [9.17, 15) is 14.7 Å². The largest absolute Gasteiger partial charge is 0.392 e. The van der Waals surface area contributed by atoms with Gasteiger partial charge >= 0.3 is 0 Å². The van der Waals surface area contributed by atoms with E-state index in [0.717, 1.165) is 31.2 Å². The number of nitrogens with zero attached hydrogens (tertiary/aromatic N) is 1. The van der Waals surface area contributed by atoms with Crippen LogP contribution >= 0.6 is 23.1 Å². The Balaban J connectivity index is 1.26. The minimum absolute atomic E-state index is 0.0140. The molecule has 1 aromatic heterocycles. The van der Waals surface area contributed by atoms with Gasteiger partial charge in [0.2, 0.25) is 11.8 Å². The Morgan fingerprint density at radius 2 is 1.68 bits per heavy atom. The van der Waals surface area contributed by atoms with Gasteiger partial charge in [0.1, 0.15) is 0 Å². The number of para-hydroxylation sites is 1. The number of carbonyl (C=O) groups excluding carboxylic acids is 2. The number of aromatic nitrogens is 1. The number of anilines is 1. The van der Waals surface area contributed by atoms with Crippen LogP contribution in [0, 0.1) is 0 Å². The zero-order valence-electron chi connectivity index (χ0n) is 22.2. The van der Waals surface area contributed by atoms with E-state index < -0.39 is 12.2 Å². The molecule has 0 saturated carbocycles. The number of fused-ring (bicyclic) bond motifs is 1. The number of thiazole rings is 1. The van der Waals surface area contributed by atoms with E-state index in [0.29, 0.717) is 24.3 Å². The van der Waals surface area contributed by atoms with Gasteiger partial charge in [-0.15, -0.1) is 11.3 Å². The van der Waals surface area contributed by atoms with Crippen molar-refractivity contribution in [2.45, 2.75) is 55.1 Å². The molecule has 2 heterocycles. The Bertz CT molecular complexity index is 1430. The Labute approximate surface area is 245 Å². The molecule has 1 aliphatic rings. The number of thioether (sulfide) groups is 1. The molecule has 41 heavy (non-hydrogen) atoms. The zero-order valence-corrected chi connectivity index (χ0v) is 23.8. The molecule has 1 saturated heterocycles. The molecule has 9 nitrogen and oxygen atoms in total. The molecule has 0 bridgehead atoms. The van der Waals surface area contributed by atoms with Crippen molar-refractivity contribution in [3.05, 3.63) is 89.5 Å². The Morgan fingerprint density at radius 1 is 0.951 bits per heavy atom. The second-order valence-corrected chi connectivity index (χ2v) is 12.0. The van der Waals surface area contributed by atoms with Crippen molar-refractivity contribution >= 4 is 50.8 Å². The predicted octanol–water partition coefficient (Wildman–Crippen LogP) is 5.74. The Morgan fingerprint density at radius 3 is 2.41 bits per heavy atom. The second-order valence-electron chi connectivity index (χ2n) is 9.67. The molecule has 0 spiro atoms. The fourth-order valence-corrected chi connectivity index (χ4v) is 6.62. The van der Waals surface area contributed by atoms with Crippen LogP contribution in [0.25, 0.3) is 10.2 Å². The lowest BCUT2D eigenvalue weighted by atomic mass is 10.0. The van der Waals surface area contributed by atoms with Gasteiger partial charge in [-0.25, -0.2) is 10.5 Å². The maximum absolute atomic E-state index is 12.2. The molecule has 4 aromatic rings. The van der Waals surface area contributed by atoms with Gasteiger partial charge in [0.05, 0.1) is 29.0 Å². The number of aliphatic hydroxyl groups excluding tert-OH is 1. The summed E-state index contributed by atoms with van der Waals surface area (Å²) in [5, 5.41) is 20.8. The van der Waals surface area contributed by atoms with Crippen molar-refractivity contribution in [3.63, 3.8) is 0 Å². The van der Waals surface area contributed by atoms with E-state index in [1.807, 2.05) is 54.6 Å². The van der Waals surface area contributed by atoms with Gasteiger partial charge in [0.15, 0.2) is 10.6 Å². The van der Waals surface area contributed by atoms with E-state index in [4.69, 9.17) is 19.7 Å². The summed E-state index contributed by atoms with van der Waals surface area (Å²) < 4.78 is 15.0. The van der Waals surface area contributed by atoms with E-state index in [1.165, 1.54) is 0 Å². The third-order valence-electron chi connectivity index (χ3n) is 6.68. The van der Waals surface area contributed by atoms with Gasteiger partial charge < -0.3 is 19.9 Å². The first-order chi connectivity index (χ1) is 20.0. The molecule has 3 atom stereocenters. The molecule has 0 aliphatic carbocycles. The summed E-state index contributed by atoms with van der Waals surface area (Å²) in [5.41, 5.74) is 5.87. The number of nitrogens with one attached hydrogen (secondary N) is 2. The van der Waals surface area contributed by atoms with Crippen LogP contribution in [0.1, 0.15) is 54.8 Å². The average molecular weight is 594 g/mol. The number of hydroxylamine groups is 1. The van der Waals surface area contributed by atoms with Crippen LogP contribution in [-0.2, 0) is 25.7 Å². The summed E-state index contributed by atoms with van der Waals surface area (Å²) in [5.74, 6) is -0.0195. The molecular weight excluding hydrogens is 562 g/mol. The molecule has 4 N–H and O–H groups in total. The van der Waals surface area contributed by atoms with Gasteiger partial charge in [-0.05, 0) is 41.8 Å². The maximum Gasteiger partial charge on any atom is 0.243 e. The van der Waals surface area contributed by atoms with E-state index in [1.54, 1.807) is 40.7 Å². The molecule has 214 valence electrons. The second kappa shape index (κ2) is 14.0. The van der Waals surface area contributed by atoms with Crippen LogP contribution in [0.2, 0.25) is 0 Å². The number of ether oxygens (including phenoxy) is 2. The van der Waals surface area contributed by atoms with Crippen LogP contribution in [0.15, 0.2) is 77.1 Å². The number of benzene rings is 3. The average Bonchev–Trinajstić information content (AvgIpc) is 3.43. The van der Waals surface area contributed by atoms with E-state index in [2.05, 4.69) is 11.4 Å². The van der Waals surface area contributed by atoms with E-state index in [-0.39, 0.29) is 37.6 Å². The first kappa shape index (κ1) is 29.2. The topological polar surface area (TPSA) is 130 Å². The molecule has 0 radical (unpaired) electrons. The zero-order chi connectivity index (χ0) is 28.6. The van der Waals surface area contributed by atoms with Crippen LogP contribution in [0.4, 0.5) is 5.69 Å². The van der Waals surface area contributed by atoms with Gasteiger partial charge in [-0.2, -0.15) is 0 Å². The summed E-state index contributed by atoms with van der Waals surface area (Å²) in [6.07, 6.45) is 0.346. The third-order valence-corrected chi connectivity index (χ3v) is 8.99. The molecule has 11 heteroatoms. The van der Waals surface area contributed by atoms with Gasteiger partial charge in [-0.1, -0.05) is 60.3 Å². The van der Waals surface area contributed by atoms with Gasteiger partial charge in [-0.3, -0.25) is 14.8 Å². The summed E-state index contributed by atoms with van der Waals surface area (Å²) >= 11 is 3.35. The monoisotopic (exact) mass is 593 g/mol. The number of amides is 2. The smallest absolute Gasteiger partial charge is 0.243 e. The van der Waals surface area contributed by atoms with Crippen LogP contribution in [-0.4, -0.2) is 39.0 Å². The summed E-state index contributed by atoms with van der Waals surface area (Å²) in [6, 6.07) is 23.2. The highest BCUT2D eigenvalue weighted by molar-refractivity contribution is 8.01. The quantitative estimate of drug-likeness (QED) is 0.0984. The first-order valence-electron chi connectivity index (χ1n) is 13.3. The van der Waals surface area contributed by atoms with Gasteiger partial charge in [0, 0.05) is 36.3 Å². The van der Waals surface area contributed by atoms with Crippen LogP contribution in [0.5, 0.6) is 0 Å². The summed E-state index contributed by atoms with van der Waals surface area (Å²) in [6.45, 7) is -0.0140. The van der Waals surface area contributed by atoms with Crippen molar-refractivity contribution in [3.8, 4) is 0 Å². The SMILES string of the molecule is O=C(CCCC(=O)Nc1ccc(C2OC(CSc3nc4ccccc4s3)CC(c3ccc(CO)cc3)O2)cc1)NO. The first-order valence-corrected chi connectivity index (χ1v) is 15.1. The van der Waals surface area contributed by atoms with Crippen LogP contribution in [0.3, 0.4) is 0 Å². The third kappa shape index (κ3) is 7.91. The van der Waals surface area contributed by atoms with Crippen molar-refractivity contribution in [2.75, 3.05) is 11.1 Å². The molecule has 1 aliphatic heterocycles. The normalized spacial score (nSPS) is 18.7. The highest BCUT2D eigenvalue weighted by atomic mass is 32.2. The molecule has 3 aromatic carbocycles. The highest BCUT2D eigenvalue weighted by Crippen LogP contribution is 2.40. The van der Waals surface area contributed by atoms with Crippen molar-refractivity contribution in [1.29, 1.82) is 0 Å². The lowest BCUT2D eigenvalue weighted by Crippen LogP contribution is -2.31. The number of hydrogen-bond donors (Lipinski definition) is 4. The number of hydrogen-bond acceptors (Lipinski definition) is 9. The van der Waals surface area contributed by atoms with Crippen LogP contribution < -0.4 is 10.8 Å². The lowest BCUT2D eigenvalue weighted by molar-refractivity contribution is -0.245. The Kier molecular flexibility index (Phi) is 9.99. The number of aliphatic hydroxyl groups is 1. The minimum atomic E-state index is -0.603. The maximum atomic E-state index is 12.2. The van der Waals surface area contributed by atoms with Gasteiger partial charge in [0.25, 0.3) is 0 Å². The predicted molar refractivity (Wildman–Crippen MR) is 158 cm³/mol. The summed E-state index contributed by atoms with van der Waals surface area (Å²) in [4.78, 5) is 28.1. The summed E-state index contributed by atoms with van der Waals surface area (Å²) in [7, 11) is 0. The molecule has 1 fully saturated rings. The fraction of sp³-hybridized carbons (Fsp3) is 0.300. The standard InChI is InChI=1S/C30H31N3O6S2/c34-17-19-8-10-20(11-9-19)25-16-23(18-40-30-32-24-4-1-2-5-26(24)41-30)38-29(39-25)21-12-14-22(15-13-21)31-27(35)6-3-7-28(36)33-37/h1-2,4-5,8-15,23,25,29,34,37H,3,6-7,16-18H2,(H,31,35)(H,33,36). The molecule has 2 amide bonds. The minimum Gasteiger partial charge on any atom is -0.392 e. The van der Waals surface area contributed by atoms with E-state index >= 15 is 0 Å². The molecule has 5 rings (SSSR count). The molecule has 3 unspecified atom stereocenters. The highest BCUT2D eigenvalue weighted by Gasteiger charge is 2.32. The number of rotatable bonds is 11. The molecular formula is C30H31N3O6S2. The lowest BCUT2D eigenvalue weighted by Gasteiger charge is -2.36. The van der Waals surface area contributed by atoms with Crippen molar-refractivity contribution in [1.82, 2.24) is 10.5 Å². The Hall–Kier alpha value is -3.32. The van der Waals surface area contributed by atoms with Crippen molar-refractivity contribution < 1.29 is 29.4 Å². The number of carbonyl (C=O) groups is 2.